The first kappa shape index (κ1) is 14.9. The van der Waals surface area contributed by atoms with Crippen molar-refractivity contribution < 1.29 is 14.3 Å². The molecule has 0 atom stereocenters. The summed E-state index contributed by atoms with van der Waals surface area (Å²) in [5.74, 6) is -0.0272. The molecule has 1 saturated heterocycles. The lowest BCUT2D eigenvalue weighted by Crippen LogP contribution is -2.51. The van der Waals surface area contributed by atoms with Crippen LogP contribution >= 0.6 is 0 Å². The molecule has 2 amide bonds. The molecule has 0 aromatic carbocycles. The Balaban J connectivity index is 2.24. The Morgan fingerprint density at radius 3 is 2.44 bits per heavy atom. The van der Waals surface area contributed by atoms with Crippen LogP contribution in [0.1, 0.15) is 20.3 Å². The van der Waals surface area contributed by atoms with Gasteiger partial charge in [-0.15, -0.1) is 0 Å². The van der Waals surface area contributed by atoms with Crippen molar-refractivity contribution in [1.29, 1.82) is 0 Å². The standard InChI is InChI=1S/C12H23N3O3/c1-12(2,13-3)11(17)14-5-4-10(16)15-6-8-18-9-7-15/h13H,4-9H2,1-3H3,(H,14,17). The van der Waals surface area contributed by atoms with Crippen LogP contribution in [0.15, 0.2) is 0 Å². The van der Waals surface area contributed by atoms with Gasteiger partial charge in [0, 0.05) is 26.1 Å². The van der Waals surface area contributed by atoms with Gasteiger partial charge in [-0.3, -0.25) is 9.59 Å². The van der Waals surface area contributed by atoms with Crippen LogP contribution in [0.3, 0.4) is 0 Å². The summed E-state index contributed by atoms with van der Waals surface area (Å²) in [5, 5.41) is 5.68. The van der Waals surface area contributed by atoms with Crippen molar-refractivity contribution in [1.82, 2.24) is 15.5 Å². The Morgan fingerprint density at radius 1 is 1.28 bits per heavy atom. The molecule has 2 N–H and O–H groups in total. The number of nitrogens with one attached hydrogen (secondary N) is 2. The van der Waals surface area contributed by atoms with E-state index in [1.54, 1.807) is 25.8 Å². The number of ether oxygens (including phenoxy) is 1. The quantitative estimate of drug-likeness (QED) is 0.686. The van der Waals surface area contributed by atoms with Crippen molar-refractivity contribution in [2.24, 2.45) is 0 Å². The van der Waals surface area contributed by atoms with Gasteiger partial charge in [-0.05, 0) is 20.9 Å². The topological polar surface area (TPSA) is 70.7 Å². The normalized spacial score (nSPS) is 16.5. The zero-order valence-electron chi connectivity index (χ0n) is 11.4. The van der Waals surface area contributed by atoms with Crippen LogP contribution in [0.4, 0.5) is 0 Å². The van der Waals surface area contributed by atoms with Crippen LogP contribution in [-0.2, 0) is 14.3 Å². The second kappa shape index (κ2) is 6.70. The van der Waals surface area contributed by atoms with Crippen LogP contribution in [-0.4, -0.2) is 62.1 Å². The molecule has 0 spiro atoms. The minimum atomic E-state index is -0.609. The molecule has 0 unspecified atom stereocenters. The number of carbonyl (C=O) groups excluding carboxylic acids is 2. The summed E-state index contributed by atoms with van der Waals surface area (Å²) >= 11 is 0. The molecule has 6 heteroatoms. The number of carbonyl (C=O) groups is 2. The number of nitrogens with zero attached hydrogens (tertiary/aromatic N) is 1. The first-order valence-corrected chi connectivity index (χ1v) is 6.30. The lowest BCUT2D eigenvalue weighted by molar-refractivity contribution is -0.135. The van der Waals surface area contributed by atoms with Crippen molar-refractivity contribution in [3.63, 3.8) is 0 Å². The van der Waals surface area contributed by atoms with Gasteiger partial charge in [0.1, 0.15) is 0 Å². The molecule has 0 saturated carbocycles. The summed E-state index contributed by atoms with van der Waals surface area (Å²) < 4.78 is 5.18. The highest BCUT2D eigenvalue weighted by molar-refractivity contribution is 5.86. The predicted octanol–water partition coefficient (Wildman–Crippen LogP) is -0.650. The first-order valence-electron chi connectivity index (χ1n) is 6.30. The van der Waals surface area contributed by atoms with Gasteiger partial charge in [-0.2, -0.15) is 0 Å². The van der Waals surface area contributed by atoms with Crippen LogP contribution < -0.4 is 10.6 Å². The minimum absolute atomic E-state index is 0.0702. The average molecular weight is 257 g/mol. The number of amides is 2. The van der Waals surface area contributed by atoms with E-state index in [0.717, 1.165) is 0 Å². The molecule has 0 aromatic rings. The van der Waals surface area contributed by atoms with Gasteiger partial charge in [-0.25, -0.2) is 0 Å². The SMILES string of the molecule is CNC(C)(C)C(=O)NCCC(=O)N1CCOCC1. The maximum atomic E-state index is 11.8. The highest BCUT2D eigenvalue weighted by Gasteiger charge is 2.25. The molecule has 1 aliphatic heterocycles. The fourth-order valence-electron chi connectivity index (χ4n) is 1.59. The molecule has 0 bridgehead atoms. The van der Waals surface area contributed by atoms with Crippen LogP contribution in [0.25, 0.3) is 0 Å². The third-order valence-electron chi connectivity index (χ3n) is 3.18. The van der Waals surface area contributed by atoms with Gasteiger partial charge >= 0.3 is 0 Å². The fourth-order valence-corrected chi connectivity index (χ4v) is 1.59. The molecular weight excluding hydrogens is 234 g/mol. The van der Waals surface area contributed by atoms with Gasteiger partial charge in [0.15, 0.2) is 0 Å². The fraction of sp³-hybridized carbons (Fsp3) is 0.833. The molecule has 6 nitrogen and oxygen atoms in total. The van der Waals surface area contributed by atoms with Gasteiger partial charge < -0.3 is 20.3 Å². The molecule has 1 heterocycles. The van der Waals surface area contributed by atoms with Gasteiger partial charge in [0.05, 0.1) is 18.8 Å². The van der Waals surface area contributed by atoms with E-state index in [0.29, 0.717) is 39.3 Å². The summed E-state index contributed by atoms with van der Waals surface area (Å²) in [6.07, 6.45) is 0.339. The molecule has 1 aliphatic rings. The van der Waals surface area contributed by atoms with Crippen LogP contribution in [0.5, 0.6) is 0 Å². The van der Waals surface area contributed by atoms with Crippen molar-refractivity contribution in [2.45, 2.75) is 25.8 Å². The maximum absolute atomic E-state index is 11.8. The zero-order valence-corrected chi connectivity index (χ0v) is 11.4. The third-order valence-corrected chi connectivity index (χ3v) is 3.18. The molecule has 0 radical (unpaired) electrons. The van der Waals surface area contributed by atoms with E-state index in [1.807, 2.05) is 0 Å². The van der Waals surface area contributed by atoms with E-state index >= 15 is 0 Å². The Morgan fingerprint density at radius 2 is 1.89 bits per heavy atom. The van der Waals surface area contributed by atoms with Gasteiger partial charge in [-0.1, -0.05) is 0 Å². The second-order valence-corrected chi connectivity index (χ2v) is 4.87. The average Bonchev–Trinajstić information content (AvgIpc) is 2.39. The summed E-state index contributed by atoms with van der Waals surface area (Å²) in [6.45, 7) is 6.47. The number of hydrogen-bond donors (Lipinski definition) is 2. The molecule has 1 rings (SSSR count). The second-order valence-electron chi connectivity index (χ2n) is 4.87. The zero-order chi connectivity index (χ0) is 13.6. The number of likely N-dealkylation sites (N-methyl/N-ethyl adjacent to an activating group) is 1. The van der Waals surface area contributed by atoms with E-state index in [4.69, 9.17) is 4.74 Å². The lowest BCUT2D eigenvalue weighted by atomic mass is 10.1. The predicted molar refractivity (Wildman–Crippen MR) is 68.2 cm³/mol. The van der Waals surface area contributed by atoms with Crippen molar-refractivity contribution >= 4 is 11.8 Å². The molecule has 1 fully saturated rings. The largest absolute Gasteiger partial charge is 0.378 e. The van der Waals surface area contributed by atoms with Crippen molar-refractivity contribution in [3.05, 3.63) is 0 Å². The first-order chi connectivity index (χ1) is 8.47. The number of morpholine rings is 1. The van der Waals surface area contributed by atoms with Crippen molar-refractivity contribution in [3.8, 4) is 0 Å². The molecule has 0 aliphatic carbocycles. The highest BCUT2D eigenvalue weighted by atomic mass is 16.5. The summed E-state index contributed by atoms with van der Waals surface area (Å²) in [6, 6.07) is 0. The molecule has 18 heavy (non-hydrogen) atoms. The van der Waals surface area contributed by atoms with Gasteiger partial charge in [0.2, 0.25) is 11.8 Å². The van der Waals surface area contributed by atoms with E-state index in [-0.39, 0.29) is 11.8 Å². The molecular formula is C12H23N3O3. The van der Waals surface area contributed by atoms with Crippen LogP contribution in [0.2, 0.25) is 0 Å². The van der Waals surface area contributed by atoms with E-state index in [9.17, 15) is 9.59 Å². The Labute approximate surface area is 108 Å². The van der Waals surface area contributed by atoms with E-state index < -0.39 is 5.54 Å². The summed E-state index contributed by atoms with van der Waals surface area (Å²) in [4.78, 5) is 25.3. The smallest absolute Gasteiger partial charge is 0.239 e. The summed E-state index contributed by atoms with van der Waals surface area (Å²) in [5.41, 5.74) is -0.609. The minimum Gasteiger partial charge on any atom is -0.378 e. The number of hydrogen-bond acceptors (Lipinski definition) is 4. The molecule has 104 valence electrons. The third kappa shape index (κ3) is 4.27. The monoisotopic (exact) mass is 257 g/mol. The van der Waals surface area contributed by atoms with E-state index in [2.05, 4.69) is 10.6 Å². The Hall–Kier alpha value is -1.14. The number of rotatable bonds is 5. The lowest BCUT2D eigenvalue weighted by Gasteiger charge is -2.27. The van der Waals surface area contributed by atoms with Gasteiger partial charge in [0.25, 0.3) is 0 Å². The van der Waals surface area contributed by atoms with Crippen LogP contribution in [0, 0.1) is 0 Å². The Kier molecular flexibility index (Phi) is 5.55. The van der Waals surface area contributed by atoms with E-state index in [1.165, 1.54) is 0 Å². The molecule has 0 aromatic heterocycles. The van der Waals surface area contributed by atoms with Crippen molar-refractivity contribution in [2.75, 3.05) is 39.9 Å². The summed E-state index contributed by atoms with van der Waals surface area (Å²) in [7, 11) is 1.73. The maximum Gasteiger partial charge on any atom is 0.239 e. The highest BCUT2D eigenvalue weighted by Crippen LogP contribution is 2.02. The Bertz CT molecular complexity index is 299.